The molecule has 0 fully saturated rings. The molecule has 1 aromatic heterocycles. The Morgan fingerprint density at radius 2 is 1.85 bits per heavy atom. The number of ether oxygens (including phenoxy) is 1. The standard InChI is InChI=1S/C17H22N2O/c1-11(2)15-7-5-12(3)9-16(15)20-17-8-6-14(10-19-17)13(4)18/h5-11,13H,18H2,1-4H3/t13-/m1/s1. The van der Waals surface area contributed by atoms with Crippen LogP contribution in [0.1, 0.15) is 49.4 Å². The van der Waals surface area contributed by atoms with Gasteiger partial charge >= 0.3 is 0 Å². The van der Waals surface area contributed by atoms with E-state index in [1.807, 2.05) is 19.1 Å². The minimum Gasteiger partial charge on any atom is -0.439 e. The normalized spacial score (nSPS) is 12.5. The van der Waals surface area contributed by atoms with Crippen LogP contribution >= 0.6 is 0 Å². The number of pyridine rings is 1. The number of hydrogen-bond acceptors (Lipinski definition) is 3. The maximum absolute atomic E-state index is 5.93. The molecule has 2 rings (SSSR count). The van der Waals surface area contributed by atoms with E-state index in [1.54, 1.807) is 6.20 Å². The molecule has 0 unspecified atom stereocenters. The van der Waals surface area contributed by atoms with Crippen LogP contribution in [-0.4, -0.2) is 4.98 Å². The fourth-order valence-electron chi connectivity index (χ4n) is 2.04. The van der Waals surface area contributed by atoms with Crippen molar-refractivity contribution in [3.8, 4) is 11.6 Å². The largest absolute Gasteiger partial charge is 0.439 e. The molecule has 0 aliphatic carbocycles. The SMILES string of the molecule is Cc1ccc(C(C)C)c(Oc2ccc([C@@H](C)N)cn2)c1. The topological polar surface area (TPSA) is 48.1 Å². The molecule has 0 bridgehead atoms. The molecule has 0 radical (unpaired) electrons. The number of aromatic nitrogens is 1. The average molecular weight is 270 g/mol. The van der Waals surface area contributed by atoms with Crippen molar-refractivity contribution >= 4 is 0 Å². The third-order valence-corrected chi connectivity index (χ3v) is 3.29. The van der Waals surface area contributed by atoms with E-state index in [2.05, 4.69) is 44.0 Å². The fraction of sp³-hybridized carbons (Fsp3) is 0.353. The number of rotatable bonds is 4. The molecule has 2 aromatic rings. The minimum absolute atomic E-state index is 0.0123. The molecular weight excluding hydrogens is 248 g/mol. The van der Waals surface area contributed by atoms with Gasteiger partial charge in [0.1, 0.15) is 5.75 Å². The molecule has 20 heavy (non-hydrogen) atoms. The summed E-state index contributed by atoms with van der Waals surface area (Å²) in [6.07, 6.45) is 1.77. The Morgan fingerprint density at radius 1 is 1.10 bits per heavy atom. The highest BCUT2D eigenvalue weighted by molar-refractivity contribution is 5.41. The van der Waals surface area contributed by atoms with Crippen LogP contribution in [0, 0.1) is 6.92 Å². The summed E-state index contributed by atoms with van der Waals surface area (Å²) in [5, 5.41) is 0. The quantitative estimate of drug-likeness (QED) is 0.899. The van der Waals surface area contributed by atoms with Crippen LogP contribution in [0.25, 0.3) is 0 Å². The van der Waals surface area contributed by atoms with Crippen LogP contribution in [0.2, 0.25) is 0 Å². The predicted molar refractivity (Wildman–Crippen MR) is 82.2 cm³/mol. The molecular formula is C17H22N2O. The van der Waals surface area contributed by atoms with Crippen LogP contribution in [0.3, 0.4) is 0 Å². The Balaban J connectivity index is 2.27. The second kappa shape index (κ2) is 6.06. The van der Waals surface area contributed by atoms with Gasteiger partial charge < -0.3 is 10.5 Å². The zero-order valence-corrected chi connectivity index (χ0v) is 12.6. The van der Waals surface area contributed by atoms with Gasteiger partial charge in [-0.1, -0.05) is 32.0 Å². The maximum Gasteiger partial charge on any atom is 0.219 e. The molecule has 3 heteroatoms. The molecule has 1 aromatic carbocycles. The number of aryl methyl sites for hydroxylation is 1. The zero-order valence-electron chi connectivity index (χ0n) is 12.6. The first-order valence-electron chi connectivity index (χ1n) is 6.97. The second-order valence-electron chi connectivity index (χ2n) is 5.52. The van der Waals surface area contributed by atoms with Gasteiger partial charge in [-0.05, 0) is 42.5 Å². The smallest absolute Gasteiger partial charge is 0.219 e. The van der Waals surface area contributed by atoms with E-state index in [0.717, 1.165) is 11.3 Å². The van der Waals surface area contributed by atoms with Gasteiger partial charge in [0.2, 0.25) is 5.88 Å². The first-order chi connectivity index (χ1) is 9.47. The predicted octanol–water partition coefficient (Wildman–Crippen LogP) is 4.33. The van der Waals surface area contributed by atoms with Crippen molar-refractivity contribution in [2.24, 2.45) is 5.73 Å². The molecule has 0 saturated carbocycles. The van der Waals surface area contributed by atoms with Gasteiger partial charge in [0.05, 0.1) is 0 Å². The van der Waals surface area contributed by atoms with Crippen molar-refractivity contribution in [1.29, 1.82) is 0 Å². The Morgan fingerprint density at radius 3 is 2.40 bits per heavy atom. The minimum atomic E-state index is -0.0123. The van der Waals surface area contributed by atoms with Gasteiger partial charge in [0.25, 0.3) is 0 Å². The monoisotopic (exact) mass is 270 g/mol. The first-order valence-corrected chi connectivity index (χ1v) is 6.97. The Bertz CT molecular complexity index is 574. The van der Waals surface area contributed by atoms with Gasteiger partial charge in [-0.2, -0.15) is 0 Å². The highest BCUT2D eigenvalue weighted by Crippen LogP contribution is 2.30. The summed E-state index contributed by atoms with van der Waals surface area (Å²) >= 11 is 0. The molecule has 3 nitrogen and oxygen atoms in total. The lowest BCUT2D eigenvalue weighted by molar-refractivity contribution is 0.453. The Hall–Kier alpha value is -1.87. The molecule has 0 spiro atoms. The van der Waals surface area contributed by atoms with E-state index >= 15 is 0 Å². The molecule has 0 aliphatic heterocycles. The molecule has 106 valence electrons. The van der Waals surface area contributed by atoms with Crippen LogP contribution in [0.15, 0.2) is 36.5 Å². The molecule has 1 heterocycles. The van der Waals surface area contributed by atoms with Gasteiger partial charge in [0.15, 0.2) is 0 Å². The van der Waals surface area contributed by atoms with Crippen molar-refractivity contribution in [2.75, 3.05) is 0 Å². The Kier molecular flexibility index (Phi) is 4.40. The van der Waals surface area contributed by atoms with Gasteiger partial charge in [-0.3, -0.25) is 0 Å². The zero-order chi connectivity index (χ0) is 14.7. The van der Waals surface area contributed by atoms with Crippen molar-refractivity contribution < 1.29 is 4.74 Å². The van der Waals surface area contributed by atoms with Crippen molar-refractivity contribution in [3.63, 3.8) is 0 Å². The van der Waals surface area contributed by atoms with E-state index < -0.39 is 0 Å². The molecule has 0 saturated heterocycles. The first kappa shape index (κ1) is 14.5. The lowest BCUT2D eigenvalue weighted by Gasteiger charge is -2.14. The van der Waals surface area contributed by atoms with E-state index in [1.165, 1.54) is 11.1 Å². The van der Waals surface area contributed by atoms with Crippen LogP contribution in [0.4, 0.5) is 0 Å². The van der Waals surface area contributed by atoms with E-state index in [0.29, 0.717) is 11.8 Å². The summed E-state index contributed by atoms with van der Waals surface area (Å²) in [5.41, 5.74) is 9.19. The third kappa shape index (κ3) is 3.36. The van der Waals surface area contributed by atoms with E-state index in [4.69, 9.17) is 10.5 Å². The molecule has 0 amide bonds. The van der Waals surface area contributed by atoms with Crippen LogP contribution in [0.5, 0.6) is 11.6 Å². The summed E-state index contributed by atoms with van der Waals surface area (Å²) in [6, 6.07) is 10.1. The summed E-state index contributed by atoms with van der Waals surface area (Å²) in [6.45, 7) is 8.31. The summed E-state index contributed by atoms with van der Waals surface area (Å²) < 4.78 is 5.93. The van der Waals surface area contributed by atoms with E-state index in [9.17, 15) is 0 Å². The summed E-state index contributed by atoms with van der Waals surface area (Å²) in [5.74, 6) is 1.89. The highest BCUT2D eigenvalue weighted by atomic mass is 16.5. The van der Waals surface area contributed by atoms with Gasteiger partial charge in [-0.25, -0.2) is 4.98 Å². The molecule has 1 atom stereocenters. The van der Waals surface area contributed by atoms with Crippen molar-refractivity contribution in [3.05, 3.63) is 53.2 Å². The van der Waals surface area contributed by atoms with Crippen LogP contribution < -0.4 is 10.5 Å². The van der Waals surface area contributed by atoms with Crippen molar-refractivity contribution in [2.45, 2.75) is 39.7 Å². The molecule has 2 N–H and O–H groups in total. The number of hydrogen-bond donors (Lipinski definition) is 1. The lowest BCUT2D eigenvalue weighted by Crippen LogP contribution is -2.05. The number of nitrogens with two attached hydrogens (primary N) is 1. The maximum atomic E-state index is 5.93. The van der Waals surface area contributed by atoms with Crippen LogP contribution in [-0.2, 0) is 0 Å². The molecule has 0 aliphatic rings. The van der Waals surface area contributed by atoms with Gasteiger partial charge in [-0.15, -0.1) is 0 Å². The lowest BCUT2D eigenvalue weighted by atomic mass is 10.0. The Labute approximate surface area is 120 Å². The summed E-state index contributed by atoms with van der Waals surface area (Å²) in [4.78, 5) is 4.32. The number of nitrogens with zero attached hydrogens (tertiary/aromatic N) is 1. The second-order valence-corrected chi connectivity index (χ2v) is 5.52. The average Bonchev–Trinajstić information content (AvgIpc) is 2.39. The number of benzene rings is 1. The fourth-order valence-corrected chi connectivity index (χ4v) is 2.04. The highest BCUT2D eigenvalue weighted by Gasteiger charge is 2.10. The van der Waals surface area contributed by atoms with Crippen molar-refractivity contribution in [1.82, 2.24) is 4.98 Å². The van der Waals surface area contributed by atoms with E-state index in [-0.39, 0.29) is 6.04 Å². The summed E-state index contributed by atoms with van der Waals surface area (Å²) in [7, 11) is 0. The third-order valence-electron chi connectivity index (χ3n) is 3.29. The van der Waals surface area contributed by atoms with Gasteiger partial charge in [0, 0.05) is 18.3 Å².